The van der Waals surface area contributed by atoms with E-state index in [-0.39, 0.29) is 11.9 Å². The van der Waals surface area contributed by atoms with Gasteiger partial charge in [0.25, 0.3) is 0 Å². The quantitative estimate of drug-likeness (QED) is 0.686. The summed E-state index contributed by atoms with van der Waals surface area (Å²) in [5.41, 5.74) is 2.75. The minimum atomic E-state index is -0.202. The Bertz CT molecular complexity index is 956. The number of amides is 1. The molecule has 170 valence electrons. The third-order valence-electron chi connectivity index (χ3n) is 5.98. The zero-order chi connectivity index (χ0) is 22.9. The molecule has 0 bridgehead atoms. The van der Waals surface area contributed by atoms with E-state index >= 15 is 0 Å². The molecule has 1 unspecified atom stereocenters. The number of hydrogen-bond donors (Lipinski definition) is 1. The van der Waals surface area contributed by atoms with E-state index < -0.39 is 0 Å². The average molecular weight is 437 g/mol. The smallest absolute Gasteiger partial charge is 0.237 e. The van der Waals surface area contributed by atoms with Gasteiger partial charge >= 0.3 is 0 Å². The molecule has 0 radical (unpaired) electrons. The molecule has 1 amide bonds. The number of carbonyl (C=O) groups excluding carboxylic acids is 1. The van der Waals surface area contributed by atoms with Crippen molar-refractivity contribution in [2.45, 2.75) is 25.8 Å². The Morgan fingerprint density at radius 1 is 1.09 bits per heavy atom. The molecule has 2 aromatic rings. The number of benzene rings is 2. The number of nitriles is 1. The van der Waals surface area contributed by atoms with Gasteiger partial charge in [-0.05, 0) is 49.6 Å². The maximum atomic E-state index is 12.8. The standard InChI is InChI=1S/C25H32N4O3/c1-19(25(30)27-12-11-20-9-10-23(31-2)24(17-20)32-3)28-13-6-14-29(16-15-28)22-8-5-4-7-21(22)18-26/h4-5,7-10,17,19H,6,11-16H2,1-3H3,(H,27,30). The van der Waals surface area contributed by atoms with Crippen molar-refractivity contribution >= 4 is 11.6 Å². The first-order valence-electron chi connectivity index (χ1n) is 11.0. The fraction of sp³-hybridized carbons (Fsp3) is 0.440. The van der Waals surface area contributed by atoms with Crippen LogP contribution in [0.3, 0.4) is 0 Å². The molecule has 3 rings (SSSR count). The molecule has 0 aromatic heterocycles. The van der Waals surface area contributed by atoms with Gasteiger partial charge < -0.3 is 19.7 Å². The molecule has 2 aromatic carbocycles. The fourth-order valence-corrected chi connectivity index (χ4v) is 4.09. The van der Waals surface area contributed by atoms with Gasteiger partial charge in [0.05, 0.1) is 31.5 Å². The SMILES string of the molecule is COc1ccc(CCNC(=O)C(C)N2CCCN(c3ccccc3C#N)CC2)cc1OC. The van der Waals surface area contributed by atoms with Gasteiger partial charge in [-0.1, -0.05) is 18.2 Å². The van der Waals surface area contributed by atoms with Gasteiger partial charge in [-0.25, -0.2) is 0 Å². The lowest BCUT2D eigenvalue weighted by molar-refractivity contribution is -0.125. The van der Waals surface area contributed by atoms with Gasteiger partial charge in [-0.3, -0.25) is 9.69 Å². The first-order chi connectivity index (χ1) is 15.6. The predicted molar refractivity (Wildman–Crippen MR) is 125 cm³/mol. The van der Waals surface area contributed by atoms with Crippen molar-refractivity contribution in [1.29, 1.82) is 5.26 Å². The molecule has 1 aliphatic rings. The summed E-state index contributed by atoms with van der Waals surface area (Å²) in [6.45, 7) is 5.84. The topological polar surface area (TPSA) is 77.8 Å². The van der Waals surface area contributed by atoms with Crippen LogP contribution < -0.4 is 19.7 Å². The van der Waals surface area contributed by atoms with E-state index in [1.54, 1.807) is 14.2 Å². The van der Waals surface area contributed by atoms with Crippen molar-refractivity contribution in [3.05, 3.63) is 53.6 Å². The summed E-state index contributed by atoms with van der Waals surface area (Å²) in [5, 5.41) is 12.5. The number of para-hydroxylation sites is 1. The molecule has 0 saturated carbocycles. The van der Waals surface area contributed by atoms with Gasteiger partial charge in [0.1, 0.15) is 6.07 Å². The molecule has 1 atom stereocenters. The maximum absolute atomic E-state index is 12.8. The summed E-state index contributed by atoms with van der Waals surface area (Å²) in [6.07, 6.45) is 1.67. The van der Waals surface area contributed by atoms with E-state index in [0.29, 0.717) is 23.6 Å². The van der Waals surface area contributed by atoms with Gasteiger partial charge in [-0.2, -0.15) is 5.26 Å². The summed E-state index contributed by atoms with van der Waals surface area (Å²) >= 11 is 0. The summed E-state index contributed by atoms with van der Waals surface area (Å²) in [4.78, 5) is 17.2. The van der Waals surface area contributed by atoms with Crippen LogP contribution in [-0.4, -0.2) is 63.8 Å². The maximum Gasteiger partial charge on any atom is 0.237 e. The molecule has 1 saturated heterocycles. The number of anilines is 1. The number of rotatable bonds is 8. The van der Waals surface area contributed by atoms with Crippen molar-refractivity contribution in [3.63, 3.8) is 0 Å². The first-order valence-corrected chi connectivity index (χ1v) is 11.0. The highest BCUT2D eigenvalue weighted by Crippen LogP contribution is 2.27. The van der Waals surface area contributed by atoms with Crippen LogP contribution in [0.2, 0.25) is 0 Å². The van der Waals surface area contributed by atoms with E-state index in [9.17, 15) is 10.1 Å². The highest BCUT2D eigenvalue weighted by atomic mass is 16.5. The number of methoxy groups -OCH3 is 2. The van der Waals surface area contributed by atoms with Crippen LogP contribution in [0.15, 0.2) is 42.5 Å². The van der Waals surface area contributed by atoms with Gasteiger partial charge in [0.2, 0.25) is 5.91 Å². The predicted octanol–water partition coefficient (Wildman–Crippen LogP) is 2.83. The Kier molecular flexibility index (Phi) is 8.34. The molecule has 0 aliphatic carbocycles. The van der Waals surface area contributed by atoms with Crippen LogP contribution in [0.5, 0.6) is 11.5 Å². The molecular weight excluding hydrogens is 404 g/mol. The Morgan fingerprint density at radius 3 is 2.62 bits per heavy atom. The van der Waals surface area contributed by atoms with E-state index in [0.717, 1.165) is 50.3 Å². The molecule has 0 spiro atoms. The van der Waals surface area contributed by atoms with E-state index in [1.807, 2.05) is 49.4 Å². The van der Waals surface area contributed by atoms with E-state index in [1.165, 1.54) is 0 Å². The number of nitrogens with one attached hydrogen (secondary N) is 1. The molecule has 1 N–H and O–H groups in total. The lowest BCUT2D eigenvalue weighted by atomic mass is 10.1. The van der Waals surface area contributed by atoms with Crippen LogP contribution in [0.4, 0.5) is 5.69 Å². The zero-order valence-corrected chi connectivity index (χ0v) is 19.1. The summed E-state index contributed by atoms with van der Waals surface area (Å²) in [5.74, 6) is 1.43. The number of nitrogens with zero attached hydrogens (tertiary/aromatic N) is 3. The molecule has 1 aliphatic heterocycles. The molecule has 1 heterocycles. The molecule has 32 heavy (non-hydrogen) atoms. The first kappa shape index (κ1) is 23.4. The second kappa shape index (κ2) is 11.4. The van der Waals surface area contributed by atoms with Crippen molar-refractivity contribution in [1.82, 2.24) is 10.2 Å². The van der Waals surface area contributed by atoms with Crippen molar-refractivity contribution in [2.75, 3.05) is 51.8 Å². The monoisotopic (exact) mass is 436 g/mol. The van der Waals surface area contributed by atoms with Crippen LogP contribution in [0, 0.1) is 11.3 Å². The second-order valence-corrected chi connectivity index (χ2v) is 7.91. The van der Waals surface area contributed by atoms with E-state index in [4.69, 9.17) is 9.47 Å². The van der Waals surface area contributed by atoms with Gasteiger partial charge in [-0.15, -0.1) is 0 Å². The van der Waals surface area contributed by atoms with Crippen LogP contribution in [0.25, 0.3) is 0 Å². The molecule has 7 heteroatoms. The third kappa shape index (κ3) is 5.71. The van der Waals surface area contributed by atoms with Gasteiger partial charge in [0, 0.05) is 32.7 Å². The summed E-state index contributed by atoms with van der Waals surface area (Å²) in [6, 6.07) is 15.6. The highest BCUT2D eigenvalue weighted by molar-refractivity contribution is 5.81. The van der Waals surface area contributed by atoms with E-state index in [2.05, 4.69) is 21.2 Å². The Balaban J connectivity index is 1.51. The lowest BCUT2D eigenvalue weighted by Gasteiger charge is -2.27. The lowest BCUT2D eigenvalue weighted by Crippen LogP contribution is -2.47. The van der Waals surface area contributed by atoms with Crippen molar-refractivity contribution in [2.24, 2.45) is 0 Å². The fourth-order valence-electron chi connectivity index (χ4n) is 4.09. The van der Waals surface area contributed by atoms with Crippen molar-refractivity contribution < 1.29 is 14.3 Å². The Labute approximate surface area is 190 Å². The minimum absolute atomic E-state index is 0.0383. The second-order valence-electron chi connectivity index (χ2n) is 7.91. The van der Waals surface area contributed by atoms with Crippen LogP contribution in [0.1, 0.15) is 24.5 Å². The average Bonchev–Trinajstić information content (AvgIpc) is 3.09. The van der Waals surface area contributed by atoms with Crippen LogP contribution in [-0.2, 0) is 11.2 Å². The third-order valence-corrected chi connectivity index (χ3v) is 5.98. The number of ether oxygens (including phenoxy) is 2. The normalized spacial score (nSPS) is 15.4. The number of carbonyl (C=O) groups is 1. The van der Waals surface area contributed by atoms with Crippen LogP contribution >= 0.6 is 0 Å². The molecular formula is C25H32N4O3. The Morgan fingerprint density at radius 2 is 1.88 bits per heavy atom. The zero-order valence-electron chi connectivity index (χ0n) is 19.1. The minimum Gasteiger partial charge on any atom is -0.493 e. The highest BCUT2D eigenvalue weighted by Gasteiger charge is 2.24. The van der Waals surface area contributed by atoms with Crippen molar-refractivity contribution in [3.8, 4) is 17.6 Å². The molecule has 7 nitrogen and oxygen atoms in total. The largest absolute Gasteiger partial charge is 0.493 e. The van der Waals surface area contributed by atoms with Gasteiger partial charge in [0.15, 0.2) is 11.5 Å². The summed E-state index contributed by atoms with van der Waals surface area (Å²) in [7, 11) is 3.23. The molecule has 1 fully saturated rings. The Hall–Kier alpha value is -3.24. The number of hydrogen-bond acceptors (Lipinski definition) is 6. The summed E-state index contributed by atoms with van der Waals surface area (Å²) < 4.78 is 10.6.